The summed E-state index contributed by atoms with van der Waals surface area (Å²) in [7, 11) is 1.26. The number of benzene rings is 1. The minimum absolute atomic E-state index is 0.0141. The molecule has 0 unspecified atom stereocenters. The van der Waals surface area contributed by atoms with Crippen molar-refractivity contribution in [3.63, 3.8) is 0 Å². The van der Waals surface area contributed by atoms with Gasteiger partial charge in [-0.05, 0) is 43.3 Å². The molecule has 0 radical (unpaired) electrons. The quantitative estimate of drug-likeness (QED) is 0.574. The van der Waals surface area contributed by atoms with Crippen LogP contribution in [0.1, 0.15) is 37.8 Å². The molecule has 0 atom stereocenters. The minimum atomic E-state index is -4.48. The van der Waals surface area contributed by atoms with Gasteiger partial charge in [-0.1, -0.05) is 0 Å². The smallest absolute Gasteiger partial charge is 0.417 e. The number of methoxy groups -OCH3 is 1. The van der Waals surface area contributed by atoms with E-state index in [0.29, 0.717) is 29.0 Å². The zero-order chi connectivity index (χ0) is 22.6. The number of carbonyl (C=O) groups is 2. The number of amides is 1. The van der Waals surface area contributed by atoms with Crippen LogP contribution in [0, 0.1) is 6.92 Å². The summed E-state index contributed by atoms with van der Waals surface area (Å²) in [6, 6.07) is 9.42. The number of rotatable bonds is 6. The van der Waals surface area contributed by atoms with Gasteiger partial charge >= 0.3 is 12.1 Å². The van der Waals surface area contributed by atoms with Crippen LogP contribution in [0.25, 0.3) is 0 Å². The van der Waals surface area contributed by atoms with E-state index in [1.165, 1.54) is 37.4 Å². The maximum Gasteiger partial charge on any atom is 0.417 e. The topological polar surface area (TPSA) is 90.7 Å². The molecule has 10 heteroatoms. The average Bonchev–Trinajstić information content (AvgIpc) is 3.12. The van der Waals surface area contributed by atoms with Crippen LogP contribution < -0.4 is 10.1 Å². The van der Waals surface area contributed by atoms with Crippen LogP contribution in [-0.4, -0.2) is 24.0 Å². The molecule has 0 aliphatic carbocycles. The molecule has 7 nitrogen and oxygen atoms in total. The first-order chi connectivity index (χ1) is 14.7. The Kier molecular flexibility index (Phi) is 6.28. The van der Waals surface area contributed by atoms with E-state index in [1.54, 1.807) is 6.92 Å². The second-order valence-electron chi connectivity index (χ2n) is 6.37. The van der Waals surface area contributed by atoms with Crippen LogP contribution in [0.3, 0.4) is 0 Å². The molecule has 0 saturated heterocycles. The number of pyridine rings is 1. The Hall–Kier alpha value is -3.82. The largest absolute Gasteiger partial charge is 0.465 e. The third-order valence-electron chi connectivity index (χ3n) is 4.20. The number of carbonyl (C=O) groups excluding carboxylic acids is 2. The van der Waals surface area contributed by atoms with Gasteiger partial charge in [0.2, 0.25) is 5.88 Å². The maximum atomic E-state index is 12.6. The highest BCUT2D eigenvalue weighted by molar-refractivity contribution is 5.94. The van der Waals surface area contributed by atoms with Gasteiger partial charge in [-0.3, -0.25) is 4.79 Å². The number of nitrogens with one attached hydrogen (secondary N) is 1. The molecule has 2 aromatic heterocycles. The van der Waals surface area contributed by atoms with E-state index in [4.69, 9.17) is 9.15 Å². The first-order valence-corrected chi connectivity index (χ1v) is 8.94. The molecule has 0 bridgehead atoms. The maximum absolute atomic E-state index is 12.6. The molecule has 1 aromatic carbocycles. The fourth-order valence-electron chi connectivity index (χ4n) is 2.62. The van der Waals surface area contributed by atoms with Crippen molar-refractivity contribution in [1.29, 1.82) is 0 Å². The number of esters is 1. The minimum Gasteiger partial charge on any atom is -0.465 e. The highest BCUT2D eigenvalue weighted by Crippen LogP contribution is 2.30. The summed E-state index contributed by atoms with van der Waals surface area (Å²) in [6.45, 7) is 1.67. The van der Waals surface area contributed by atoms with Crippen molar-refractivity contribution in [2.45, 2.75) is 19.6 Å². The molecule has 3 aromatic rings. The summed E-state index contributed by atoms with van der Waals surface area (Å²) >= 11 is 0. The summed E-state index contributed by atoms with van der Waals surface area (Å²) in [4.78, 5) is 27.5. The molecule has 0 saturated carbocycles. The summed E-state index contributed by atoms with van der Waals surface area (Å²) < 4.78 is 53.2. The van der Waals surface area contributed by atoms with Crippen LogP contribution in [0.4, 0.5) is 13.2 Å². The Balaban J connectivity index is 1.58. The Bertz CT molecular complexity index is 1070. The fourth-order valence-corrected chi connectivity index (χ4v) is 2.62. The molecule has 31 heavy (non-hydrogen) atoms. The van der Waals surface area contributed by atoms with Gasteiger partial charge in [-0.2, -0.15) is 13.2 Å². The first kappa shape index (κ1) is 21.9. The molecule has 1 N–H and O–H groups in total. The van der Waals surface area contributed by atoms with Gasteiger partial charge < -0.3 is 19.2 Å². The average molecular weight is 434 g/mol. The predicted octanol–water partition coefficient (Wildman–Crippen LogP) is 4.51. The highest BCUT2D eigenvalue weighted by atomic mass is 19.4. The standard InChI is InChI=1S/C21H17F3N2O5/c1-12-17(20(28)29-2)9-16(30-12)11-26-19(27)13-3-6-15(7-4-13)31-18-8-5-14(10-25-18)21(22,23)24/h3-10H,11H2,1-2H3,(H,26,27). The number of hydrogen-bond acceptors (Lipinski definition) is 6. The lowest BCUT2D eigenvalue weighted by Crippen LogP contribution is -2.22. The molecule has 0 aliphatic rings. The normalized spacial score (nSPS) is 11.1. The van der Waals surface area contributed by atoms with Crippen molar-refractivity contribution in [2.75, 3.05) is 7.11 Å². The van der Waals surface area contributed by atoms with Crippen molar-refractivity contribution in [2.24, 2.45) is 0 Å². The molecule has 0 spiro atoms. The van der Waals surface area contributed by atoms with Gasteiger partial charge in [-0.25, -0.2) is 9.78 Å². The number of aryl methyl sites for hydroxylation is 1. The van der Waals surface area contributed by atoms with Crippen molar-refractivity contribution < 1.29 is 36.7 Å². The number of furan rings is 1. The Morgan fingerprint density at radius 3 is 2.42 bits per heavy atom. The SMILES string of the molecule is COC(=O)c1cc(CNC(=O)c2ccc(Oc3ccc(C(F)(F)F)cn3)cc2)oc1C. The number of halogens is 3. The van der Waals surface area contributed by atoms with E-state index in [9.17, 15) is 22.8 Å². The molecule has 3 rings (SSSR count). The van der Waals surface area contributed by atoms with Crippen LogP contribution in [-0.2, 0) is 17.5 Å². The Morgan fingerprint density at radius 1 is 1.13 bits per heavy atom. The third kappa shape index (κ3) is 5.41. The zero-order valence-corrected chi connectivity index (χ0v) is 16.4. The van der Waals surface area contributed by atoms with E-state index in [2.05, 4.69) is 15.0 Å². The highest BCUT2D eigenvalue weighted by Gasteiger charge is 2.30. The zero-order valence-electron chi connectivity index (χ0n) is 16.4. The lowest BCUT2D eigenvalue weighted by Gasteiger charge is -2.08. The predicted molar refractivity (Wildman–Crippen MR) is 102 cm³/mol. The van der Waals surface area contributed by atoms with Crippen LogP contribution >= 0.6 is 0 Å². The van der Waals surface area contributed by atoms with Gasteiger partial charge in [-0.15, -0.1) is 0 Å². The summed E-state index contributed by atoms with van der Waals surface area (Å²) in [5.41, 5.74) is -0.272. The lowest BCUT2D eigenvalue weighted by atomic mass is 10.2. The third-order valence-corrected chi connectivity index (χ3v) is 4.20. The summed E-state index contributed by atoms with van der Waals surface area (Å²) in [5.74, 6) is 0.131. The molecule has 1 amide bonds. The fraction of sp³-hybridized carbons (Fsp3) is 0.190. The van der Waals surface area contributed by atoms with Gasteiger partial charge in [0.1, 0.15) is 22.8 Å². The van der Waals surface area contributed by atoms with Crippen molar-refractivity contribution in [3.05, 3.63) is 76.9 Å². The number of hydrogen-bond donors (Lipinski definition) is 1. The number of alkyl halides is 3. The molecule has 2 heterocycles. The van der Waals surface area contributed by atoms with Gasteiger partial charge in [0.25, 0.3) is 5.91 Å². The monoisotopic (exact) mass is 434 g/mol. The van der Waals surface area contributed by atoms with E-state index in [0.717, 1.165) is 12.1 Å². The molecule has 0 aliphatic heterocycles. The molecular weight excluding hydrogens is 417 g/mol. The number of aromatic nitrogens is 1. The molecular formula is C21H17F3N2O5. The lowest BCUT2D eigenvalue weighted by molar-refractivity contribution is -0.137. The van der Waals surface area contributed by atoms with Crippen molar-refractivity contribution in [1.82, 2.24) is 10.3 Å². The molecule has 162 valence electrons. The van der Waals surface area contributed by atoms with E-state index >= 15 is 0 Å². The summed E-state index contributed by atoms with van der Waals surface area (Å²) in [5, 5.41) is 2.66. The molecule has 0 fully saturated rings. The van der Waals surface area contributed by atoms with Crippen LogP contribution in [0.5, 0.6) is 11.6 Å². The van der Waals surface area contributed by atoms with Gasteiger partial charge in [0, 0.05) is 17.8 Å². The first-order valence-electron chi connectivity index (χ1n) is 8.94. The number of ether oxygens (including phenoxy) is 2. The van der Waals surface area contributed by atoms with E-state index < -0.39 is 23.6 Å². The second-order valence-corrected chi connectivity index (χ2v) is 6.37. The van der Waals surface area contributed by atoms with Gasteiger partial charge in [0.15, 0.2) is 0 Å². The second kappa shape index (κ2) is 8.90. The Labute approximate surface area is 174 Å². The number of nitrogens with zero attached hydrogens (tertiary/aromatic N) is 1. The summed E-state index contributed by atoms with van der Waals surface area (Å²) in [6.07, 6.45) is -3.80. The Morgan fingerprint density at radius 2 is 1.84 bits per heavy atom. The van der Waals surface area contributed by atoms with Crippen molar-refractivity contribution in [3.8, 4) is 11.6 Å². The van der Waals surface area contributed by atoms with Crippen molar-refractivity contribution >= 4 is 11.9 Å². The van der Waals surface area contributed by atoms with Crippen LogP contribution in [0.2, 0.25) is 0 Å². The van der Waals surface area contributed by atoms with E-state index in [1.807, 2.05) is 0 Å². The van der Waals surface area contributed by atoms with Crippen LogP contribution in [0.15, 0.2) is 53.1 Å². The van der Waals surface area contributed by atoms with Gasteiger partial charge in [0.05, 0.1) is 19.2 Å². The van der Waals surface area contributed by atoms with E-state index in [-0.39, 0.29) is 18.0 Å².